The molecule has 146 valence electrons. The van der Waals surface area contributed by atoms with Crippen molar-refractivity contribution in [2.45, 2.75) is 17.2 Å². The summed E-state index contributed by atoms with van der Waals surface area (Å²) in [5, 5.41) is 0. The minimum atomic E-state index is -2.46. The second-order valence-electron chi connectivity index (χ2n) is 6.67. The lowest BCUT2D eigenvalue weighted by Gasteiger charge is -2.34. The summed E-state index contributed by atoms with van der Waals surface area (Å²) in [5.41, 5.74) is 2.48. The summed E-state index contributed by atoms with van der Waals surface area (Å²) >= 11 is 0.484. The number of amides is 1. The van der Waals surface area contributed by atoms with Crippen LogP contribution in [0.4, 0.5) is 8.78 Å². The van der Waals surface area contributed by atoms with E-state index in [-0.39, 0.29) is 5.91 Å². The molecule has 0 bridgehead atoms. The highest BCUT2D eigenvalue weighted by atomic mass is 32.2. The number of carbonyl (C=O) groups excluding carboxylic acids is 1. The number of carbonyl (C=O) groups is 1. The van der Waals surface area contributed by atoms with Gasteiger partial charge in [-0.15, -0.1) is 0 Å². The van der Waals surface area contributed by atoms with E-state index in [9.17, 15) is 13.6 Å². The van der Waals surface area contributed by atoms with Crippen molar-refractivity contribution in [2.24, 2.45) is 0 Å². The zero-order valence-corrected chi connectivity index (χ0v) is 16.0. The van der Waals surface area contributed by atoms with Gasteiger partial charge in [0.1, 0.15) is 5.65 Å². The third kappa shape index (κ3) is 4.34. The Labute approximate surface area is 166 Å². The Morgan fingerprint density at radius 3 is 2.50 bits per heavy atom. The maximum Gasteiger partial charge on any atom is 0.288 e. The molecule has 4 rings (SSSR count). The van der Waals surface area contributed by atoms with Crippen molar-refractivity contribution in [2.75, 3.05) is 26.2 Å². The predicted octanol–water partition coefficient (Wildman–Crippen LogP) is 3.61. The Morgan fingerprint density at radius 2 is 1.82 bits per heavy atom. The molecule has 0 N–H and O–H groups in total. The number of hydrogen-bond acceptors (Lipinski definition) is 4. The Hall–Kier alpha value is -2.45. The third-order valence-electron chi connectivity index (χ3n) is 4.79. The summed E-state index contributed by atoms with van der Waals surface area (Å²) in [6.07, 6.45) is 4.01. The average Bonchev–Trinajstić information content (AvgIpc) is 3.10. The van der Waals surface area contributed by atoms with E-state index < -0.39 is 5.76 Å². The minimum Gasteiger partial charge on any atom is -0.336 e. The molecule has 0 atom stereocenters. The van der Waals surface area contributed by atoms with E-state index in [0.29, 0.717) is 35.3 Å². The molecule has 1 amide bonds. The van der Waals surface area contributed by atoms with E-state index in [1.807, 2.05) is 39.9 Å². The summed E-state index contributed by atoms with van der Waals surface area (Å²) in [4.78, 5) is 21.8. The molecule has 1 aromatic carbocycles. The van der Waals surface area contributed by atoms with Gasteiger partial charge in [0.2, 0.25) is 0 Å². The number of piperazine rings is 1. The summed E-state index contributed by atoms with van der Waals surface area (Å²) in [7, 11) is 0. The van der Waals surface area contributed by atoms with Gasteiger partial charge >= 0.3 is 0 Å². The van der Waals surface area contributed by atoms with Gasteiger partial charge in [-0.25, -0.2) is 4.98 Å². The third-order valence-corrected chi connectivity index (χ3v) is 5.51. The molecule has 1 aliphatic heterocycles. The van der Waals surface area contributed by atoms with Crippen LogP contribution in [0.2, 0.25) is 0 Å². The van der Waals surface area contributed by atoms with Gasteiger partial charge in [-0.05, 0) is 36.4 Å². The molecule has 0 saturated carbocycles. The van der Waals surface area contributed by atoms with Crippen molar-refractivity contribution >= 4 is 23.3 Å². The normalized spacial score (nSPS) is 15.5. The van der Waals surface area contributed by atoms with Gasteiger partial charge in [-0.1, -0.05) is 17.8 Å². The van der Waals surface area contributed by atoms with Gasteiger partial charge in [0.25, 0.3) is 11.7 Å². The number of benzene rings is 1. The molecule has 1 aliphatic rings. The monoisotopic (exact) mass is 402 g/mol. The van der Waals surface area contributed by atoms with E-state index in [4.69, 9.17) is 0 Å². The standard InChI is InChI=1S/C20H20F2N4OS/c21-20(22)28-17-6-4-15(5-7-17)19(27)25-11-9-24(10-12-25)13-16-14-26-8-2-1-3-18(26)23-16/h1-8,14,20H,9-13H2. The molecular weight excluding hydrogens is 382 g/mol. The molecule has 0 spiro atoms. The largest absolute Gasteiger partial charge is 0.336 e. The van der Waals surface area contributed by atoms with Crippen LogP contribution in [0.15, 0.2) is 59.8 Å². The number of thioether (sulfide) groups is 1. The van der Waals surface area contributed by atoms with E-state index in [1.165, 1.54) is 0 Å². The number of alkyl halides is 2. The maximum atomic E-state index is 12.7. The van der Waals surface area contributed by atoms with Gasteiger partial charge in [0, 0.05) is 55.6 Å². The van der Waals surface area contributed by atoms with Crippen LogP contribution in [0.25, 0.3) is 5.65 Å². The SMILES string of the molecule is O=C(c1ccc(SC(F)F)cc1)N1CCN(Cc2cn3ccccc3n2)CC1. The Kier molecular flexibility index (Phi) is 5.59. The number of halogens is 2. The van der Waals surface area contributed by atoms with Crippen molar-refractivity contribution in [1.82, 2.24) is 19.2 Å². The molecule has 8 heteroatoms. The van der Waals surface area contributed by atoms with Crippen molar-refractivity contribution in [3.8, 4) is 0 Å². The second-order valence-corrected chi connectivity index (χ2v) is 7.73. The van der Waals surface area contributed by atoms with E-state index in [1.54, 1.807) is 24.3 Å². The molecule has 0 radical (unpaired) electrons. The number of hydrogen-bond donors (Lipinski definition) is 0. The predicted molar refractivity (Wildman–Crippen MR) is 105 cm³/mol. The zero-order valence-electron chi connectivity index (χ0n) is 15.2. The van der Waals surface area contributed by atoms with Crippen LogP contribution in [0.3, 0.4) is 0 Å². The molecule has 3 heterocycles. The van der Waals surface area contributed by atoms with Crippen LogP contribution in [0.5, 0.6) is 0 Å². The van der Waals surface area contributed by atoms with Crippen LogP contribution in [0, 0.1) is 0 Å². The fourth-order valence-electron chi connectivity index (χ4n) is 3.36. The van der Waals surface area contributed by atoms with Gasteiger partial charge < -0.3 is 9.30 Å². The van der Waals surface area contributed by atoms with Crippen LogP contribution < -0.4 is 0 Å². The Bertz CT molecular complexity index is 919. The number of pyridine rings is 1. The van der Waals surface area contributed by atoms with Gasteiger partial charge in [-0.3, -0.25) is 9.69 Å². The van der Waals surface area contributed by atoms with Gasteiger partial charge in [-0.2, -0.15) is 8.78 Å². The fourth-order valence-corrected chi connectivity index (χ4v) is 3.86. The highest BCUT2D eigenvalue weighted by Crippen LogP contribution is 2.25. The minimum absolute atomic E-state index is 0.0547. The average molecular weight is 402 g/mol. The molecule has 5 nitrogen and oxygen atoms in total. The first-order valence-corrected chi connectivity index (χ1v) is 9.95. The summed E-state index contributed by atoms with van der Waals surface area (Å²) in [6.45, 7) is 3.58. The fraction of sp³-hybridized carbons (Fsp3) is 0.300. The van der Waals surface area contributed by atoms with Gasteiger partial charge in [0.15, 0.2) is 0 Å². The van der Waals surface area contributed by atoms with E-state index >= 15 is 0 Å². The lowest BCUT2D eigenvalue weighted by atomic mass is 10.2. The lowest BCUT2D eigenvalue weighted by molar-refractivity contribution is 0.0627. The molecule has 3 aromatic rings. The molecule has 1 fully saturated rings. The number of nitrogens with zero attached hydrogens (tertiary/aromatic N) is 4. The Morgan fingerprint density at radius 1 is 1.07 bits per heavy atom. The molecule has 1 saturated heterocycles. The van der Waals surface area contributed by atoms with Crippen LogP contribution >= 0.6 is 11.8 Å². The van der Waals surface area contributed by atoms with Crippen LogP contribution in [-0.2, 0) is 6.54 Å². The zero-order chi connectivity index (χ0) is 19.5. The quantitative estimate of drug-likeness (QED) is 0.612. The van der Waals surface area contributed by atoms with Crippen LogP contribution in [-0.4, -0.2) is 57.0 Å². The van der Waals surface area contributed by atoms with Crippen molar-refractivity contribution in [1.29, 1.82) is 0 Å². The highest BCUT2D eigenvalue weighted by Gasteiger charge is 2.22. The van der Waals surface area contributed by atoms with Crippen molar-refractivity contribution in [3.63, 3.8) is 0 Å². The maximum absolute atomic E-state index is 12.7. The first-order valence-electron chi connectivity index (χ1n) is 9.07. The smallest absolute Gasteiger partial charge is 0.288 e. The molecule has 2 aromatic heterocycles. The van der Waals surface area contributed by atoms with E-state index in [2.05, 4.69) is 9.88 Å². The summed E-state index contributed by atoms with van der Waals surface area (Å²) in [5.74, 6) is -2.51. The first-order chi connectivity index (χ1) is 13.6. The van der Waals surface area contributed by atoms with Crippen LogP contribution in [0.1, 0.15) is 16.1 Å². The van der Waals surface area contributed by atoms with Gasteiger partial charge in [0.05, 0.1) is 5.69 Å². The van der Waals surface area contributed by atoms with E-state index in [0.717, 1.165) is 31.0 Å². The van der Waals surface area contributed by atoms with Crippen molar-refractivity contribution in [3.05, 3.63) is 66.1 Å². The summed E-state index contributed by atoms with van der Waals surface area (Å²) < 4.78 is 26.8. The molecule has 0 unspecified atom stereocenters. The number of imidazole rings is 1. The molecular formula is C20H20F2N4OS. The van der Waals surface area contributed by atoms with Crippen molar-refractivity contribution < 1.29 is 13.6 Å². The second kappa shape index (κ2) is 8.28. The first kappa shape index (κ1) is 18.9. The number of aromatic nitrogens is 2. The lowest BCUT2D eigenvalue weighted by Crippen LogP contribution is -2.48. The molecule has 0 aliphatic carbocycles. The summed E-state index contributed by atoms with van der Waals surface area (Å²) in [6, 6.07) is 12.3. The number of fused-ring (bicyclic) bond motifs is 1. The highest BCUT2D eigenvalue weighted by molar-refractivity contribution is 7.99. The number of rotatable bonds is 5. The topological polar surface area (TPSA) is 40.9 Å². The molecule has 28 heavy (non-hydrogen) atoms. The Balaban J connectivity index is 1.32.